The van der Waals surface area contributed by atoms with Crippen LogP contribution in [0.2, 0.25) is 0 Å². The Balaban J connectivity index is 1.99. The van der Waals surface area contributed by atoms with E-state index in [4.69, 9.17) is 4.74 Å². The molecule has 2 aromatic carbocycles. The molecule has 22 heavy (non-hydrogen) atoms. The van der Waals surface area contributed by atoms with E-state index in [-0.39, 0.29) is 12.3 Å². The van der Waals surface area contributed by atoms with E-state index in [2.05, 4.69) is 0 Å². The lowest BCUT2D eigenvalue weighted by atomic mass is 10.0. The SMILES string of the molecule is O=[C]C(C(=O)OCc1ccc([N+](=O)[O-])cc1)c1ccccc1. The van der Waals surface area contributed by atoms with Crippen molar-refractivity contribution in [2.24, 2.45) is 0 Å². The van der Waals surface area contributed by atoms with Crippen LogP contribution in [-0.4, -0.2) is 17.2 Å². The molecular formula is C16H12NO5. The average Bonchev–Trinajstić information content (AvgIpc) is 2.55. The molecule has 6 heteroatoms. The minimum absolute atomic E-state index is 0.0431. The lowest BCUT2D eigenvalue weighted by Crippen LogP contribution is -2.17. The molecule has 0 aromatic heterocycles. The molecule has 0 spiro atoms. The Labute approximate surface area is 126 Å². The van der Waals surface area contributed by atoms with Gasteiger partial charge in [0.05, 0.1) is 4.92 Å². The van der Waals surface area contributed by atoms with Crippen LogP contribution in [0.1, 0.15) is 17.0 Å². The molecule has 1 radical (unpaired) electrons. The summed E-state index contributed by atoms with van der Waals surface area (Å²) in [7, 11) is 0. The van der Waals surface area contributed by atoms with E-state index in [0.29, 0.717) is 11.1 Å². The molecule has 1 unspecified atom stereocenters. The standard InChI is InChI=1S/C16H12NO5/c18-10-15(13-4-2-1-3-5-13)16(19)22-11-12-6-8-14(9-7-12)17(20)21/h1-9,15H,11H2. The van der Waals surface area contributed by atoms with E-state index in [0.717, 1.165) is 0 Å². The van der Waals surface area contributed by atoms with Gasteiger partial charge in [0.15, 0.2) is 0 Å². The van der Waals surface area contributed by atoms with E-state index in [9.17, 15) is 19.7 Å². The summed E-state index contributed by atoms with van der Waals surface area (Å²) in [5.41, 5.74) is 1.06. The van der Waals surface area contributed by atoms with Crippen LogP contribution >= 0.6 is 0 Å². The van der Waals surface area contributed by atoms with Gasteiger partial charge < -0.3 is 4.74 Å². The van der Waals surface area contributed by atoms with Crippen molar-refractivity contribution >= 4 is 17.9 Å². The zero-order chi connectivity index (χ0) is 15.9. The zero-order valence-corrected chi connectivity index (χ0v) is 11.5. The second kappa shape index (κ2) is 7.12. The van der Waals surface area contributed by atoms with Gasteiger partial charge in [-0.15, -0.1) is 0 Å². The number of carbonyl (C=O) groups is 1. The van der Waals surface area contributed by atoms with Crippen molar-refractivity contribution < 1.29 is 19.2 Å². The van der Waals surface area contributed by atoms with E-state index < -0.39 is 16.8 Å². The first kappa shape index (κ1) is 15.4. The summed E-state index contributed by atoms with van der Waals surface area (Å²) >= 11 is 0. The predicted octanol–water partition coefficient (Wildman–Crippen LogP) is 2.53. The summed E-state index contributed by atoms with van der Waals surface area (Å²) in [5.74, 6) is -1.81. The first-order valence-electron chi connectivity index (χ1n) is 6.44. The van der Waals surface area contributed by atoms with Crippen molar-refractivity contribution in [3.05, 3.63) is 75.8 Å². The summed E-state index contributed by atoms with van der Waals surface area (Å²) in [6.07, 6.45) is 1.66. The van der Waals surface area contributed by atoms with Gasteiger partial charge in [0.25, 0.3) is 5.69 Å². The van der Waals surface area contributed by atoms with Gasteiger partial charge in [0.2, 0.25) is 6.29 Å². The van der Waals surface area contributed by atoms with Crippen LogP contribution in [0, 0.1) is 10.1 Å². The van der Waals surface area contributed by atoms with Gasteiger partial charge in [-0.2, -0.15) is 0 Å². The minimum Gasteiger partial charge on any atom is -0.460 e. The normalized spacial score (nSPS) is 11.5. The third-order valence-electron chi connectivity index (χ3n) is 3.01. The van der Waals surface area contributed by atoms with Crippen LogP contribution in [-0.2, 0) is 20.9 Å². The third kappa shape index (κ3) is 3.76. The van der Waals surface area contributed by atoms with Gasteiger partial charge in [0.1, 0.15) is 12.5 Å². The third-order valence-corrected chi connectivity index (χ3v) is 3.01. The predicted molar refractivity (Wildman–Crippen MR) is 77.8 cm³/mol. The highest BCUT2D eigenvalue weighted by Crippen LogP contribution is 2.17. The summed E-state index contributed by atoms with van der Waals surface area (Å²) in [6.45, 7) is -0.0676. The molecule has 111 valence electrons. The Bertz CT molecular complexity index is 667. The van der Waals surface area contributed by atoms with Crippen molar-refractivity contribution in [3.63, 3.8) is 0 Å². The largest absolute Gasteiger partial charge is 0.460 e. The number of hydrogen-bond donors (Lipinski definition) is 0. The second-order valence-corrected chi connectivity index (χ2v) is 4.49. The number of benzene rings is 2. The van der Waals surface area contributed by atoms with Crippen LogP contribution in [0.5, 0.6) is 0 Å². The number of ether oxygens (including phenoxy) is 1. The first-order chi connectivity index (χ1) is 10.6. The Kier molecular flexibility index (Phi) is 4.98. The maximum Gasteiger partial charge on any atom is 0.321 e. The topological polar surface area (TPSA) is 86.5 Å². The molecule has 0 aliphatic heterocycles. The second-order valence-electron chi connectivity index (χ2n) is 4.49. The highest BCUT2D eigenvalue weighted by Gasteiger charge is 2.22. The minimum atomic E-state index is -1.10. The molecule has 6 nitrogen and oxygen atoms in total. The first-order valence-corrected chi connectivity index (χ1v) is 6.44. The molecule has 2 aromatic rings. The van der Waals surface area contributed by atoms with Gasteiger partial charge >= 0.3 is 5.97 Å². The Morgan fingerprint density at radius 1 is 1.14 bits per heavy atom. The highest BCUT2D eigenvalue weighted by atomic mass is 16.6. The summed E-state index contributed by atoms with van der Waals surface area (Å²) < 4.78 is 5.06. The molecule has 0 heterocycles. The number of non-ortho nitro benzene ring substituents is 1. The lowest BCUT2D eigenvalue weighted by molar-refractivity contribution is -0.384. The average molecular weight is 298 g/mol. The molecule has 0 aliphatic rings. The Morgan fingerprint density at radius 3 is 2.32 bits per heavy atom. The van der Waals surface area contributed by atoms with Gasteiger partial charge in [-0.25, -0.2) is 0 Å². The molecule has 0 N–H and O–H groups in total. The molecule has 0 fully saturated rings. The fourth-order valence-electron chi connectivity index (χ4n) is 1.85. The fourth-order valence-corrected chi connectivity index (χ4v) is 1.85. The van der Waals surface area contributed by atoms with Crippen molar-refractivity contribution in [3.8, 4) is 0 Å². The number of nitro benzene ring substituents is 1. The summed E-state index contributed by atoms with van der Waals surface area (Å²) in [6, 6.07) is 14.1. The number of esters is 1. The Morgan fingerprint density at radius 2 is 1.77 bits per heavy atom. The van der Waals surface area contributed by atoms with Gasteiger partial charge in [-0.05, 0) is 23.3 Å². The molecule has 0 aliphatic carbocycles. The molecule has 0 amide bonds. The van der Waals surface area contributed by atoms with Gasteiger partial charge in [0, 0.05) is 12.1 Å². The van der Waals surface area contributed by atoms with Crippen molar-refractivity contribution in [2.75, 3.05) is 0 Å². The van der Waals surface area contributed by atoms with Crippen LogP contribution in [0.4, 0.5) is 5.69 Å². The van der Waals surface area contributed by atoms with E-state index in [1.54, 1.807) is 36.6 Å². The highest BCUT2D eigenvalue weighted by molar-refractivity contribution is 5.94. The smallest absolute Gasteiger partial charge is 0.321 e. The number of nitrogens with zero attached hydrogens (tertiary/aromatic N) is 1. The molecule has 0 bridgehead atoms. The van der Waals surface area contributed by atoms with E-state index in [1.807, 2.05) is 0 Å². The van der Waals surface area contributed by atoms with E-state index >= 15 is 0 Å². The molecule has 1 atom stereocenters. The maximum atomic E-state index is 11.9. The molecule has 2 rings (SSSR count). The Hall–Kier alpha value is -3.02. The van der Waals surface area contributed by atoms with Crippen molar-refractivity contribution in [2.45, 2.75) is 12.5 Å². The number of carbonyl (C=O) groups excluding carboxylic acids is 2. The zero-order valence-electron chi connectivity index (χ0n) is 11.5. The van der Waals surface area contributed by atoms with Crippen molar-refractivity contribution in [1.29, 1.82) is 0 Å². The van der Waals surface area contributed by atoms with Crippen LogP contribution in [0.3, 0.4) is 0 Å². The van der Waals surface area contributed by atoms with E-state index in [1.165, 1.54) is 24.3 Å². The van der Waals surface area contributed by atoms with Gasteiger partial charge in [-0.1, -0.05) is 30.3 Å². The molecule has 0 saturated carbocycles. The number of rotatable bonds is 6. The van der Waals surface area contributed by atoms with Crippen LogP contribution in [0.15, 0.2) is 54.6 Å². The lowest BCUT2D eigenvalue weighted by Gasteiger charge is -2.10. The fraction of sp³-hybridized carbons (Fsp3) is 0.125. The quantitative estimate of drug-likeness (QED) is 0.354. The van der Waals surface area contributed by atoms with Crippen LogP contribution < -0.4 is 0 Å². The van der Waals surface area contributed by atoms with Crippen LogP contribution in [0.25, 0.3) is 0 Å². The van der Waals surface area contributed by atoms with Crippen molar-refractivity contribution in [1.82, 2.24) is 0 Å². The number of nitro groups is 1. The monoisotopic (exact) mass is 298 g/mol. The molecule has 0 saturated heterocycles. The summed E-state index contributed by atoms with van der Waals surface area (Å²) in [4.78, 5) is 32.9. The molecular weight excluding hydrogens is 286 g/mol. The maximum absolute atomic E-state index is 11.9. The summed E-state index contributed by atoms with van der Waals surface area (Å²) in [5, 5.41) is 10.5. The van der Waals surface area contributed by atoms with Gasteiger partial charge in [-0.3, -0.25) is 19.7 Å². The number of hydrogen-bond acceptors (Lipinski definition) is 5.